The van der Waals surface area contributed by atoms with Crippen molar-refractivity contribution in [3.05, 3.63) is 64.4 Å². The van der Waals surface area contributed by atoms with E-state index in [1.54, 1.807) is 22.8 Å². The number of ether oxygens (including phenoxy) is 2. The van der Waals surface area contributed by atoms with Crippen molar-refractivity contribution in [3.63, 3.8) is 0 Å². The molecule has 0 bridgehead atoms. The van der Waals surface area contributed by atoms with Crippen LogP contribution in [-0.2, 0) is 9.47 Å². The van der Waals surface area contributed by atoms with Crippen LogP contribution in [0.4, 0.5) is 0 Å². The largest absolute Gasteiger partial charge is 0.465 e. The normalized spacial score (nSPS) is 16.7. The summed E-state index contributed by atoms with van der Waals surface area (Å²) in [5.74, 6) is 0.271. The fraction of sp³-hybridized carbons (Fsp3) is 0.318. The molecule has 1 fully saturated rings. The van der Waals surface area contributed by atoms with Gasteiger partial charge >= 0.3 is 5.97 Å². The number of carbonyl (C=O) groups excluding carboxylic acids is 1. The third-order valence-corrected chi connectivity index (χ3v) is 6.02. The summed E-state index contributed by atoms with van der Waals surface area (Å²) < 4.78 is 12.3. The van der Waals surface area contributed by atoms with Gasteiger partial charge in [0.15, 0.2) is 5.16 Å². The van der Waals surface area contributed by atoms with Crippen LogP contribution in [0.2, 0.25) is 0 Å². The molecule has 1 saturated heterocycles. The van der Waals surface area contributed by atoms with Crippen molar-refractivity contribution in [1.82, 2.24) is 9.55 Å². The van der Waals surface area contributed by atoms with Crippen molar-refractivity contribution in [2.45, 2.75) is 30.5 Å². The number of hydrogen-bond donors (Lipinski definition) is 0. The van der Waals surface area contributed by atoms with Gasteiger partial charge in [0.1, 0.15) is 0 Å². The smallest absolute Gasteiger partial charge is 0.337 e. The van der Waals surface area contributed by atoms with Crippen molar-refractivity contribution in [2.75, 3.05) is 19.5 Å². The zero-order chi connectivity index (χ0) is 20.2. The van der Waals surface area contributed by atoms with Crippen molar-refractivity contribution >= 4 is 28.6 Å². The minimum atomic E-state index is -0.453. The summed E-state index contributed by atoms with van der Waals surface area (Å²) >= 11 is 1.51. The zero-order valence-electron chi connectivity index (χ0n) is 16.2. The lowest BCUT2D eigenvalue weighted by Gasteiger charge is -2.22. The Morgan fingerprint density at radius 2 is 2.07 bits per heavy atom. The average molecular weight is 410 g/mol. The predicted octanol–water partition coefficient (Wildman–Crippen LogP) is 3.83. The Kier molecular flexibility index (Phi) is 5.97. The number of rotatable bonds is 5. The minimum absolute atomic E-state index is 0.159. The molecule has 150 valence electrons. The molecule has 6 nitrogen and oxygen atoms in total. The van der Waals surface area contributed by atoms with Crippen LogP contribution in [0.1, 0.15) is 29.6 Å². The minimum Gasteiger partial charge on any atom is -0.465 e. The second kappa shape index (κ2) is 8.80. The molecule has 2 aromatic carbocycles. The van der Waals surface area contributed by atoms with Crippen LogP contribution in [0.5, 0.6) is 0 Å². The van der Waals surface area contributed by atoms with E-state index >= 15 is 0 Å². The van der Waals surface area contributed by atoms with E-state index in [9.17, 15) is 9.59 Å². The monoisotopic (exact) mass is 410 g/mol. The molecule has 0 saturated carbocycles. The summed E-state index contributed by atoms with van der Waals surface area (Å²) in [7, 11) is 1.33. The molecular formula is C22H22N2O4S. The first-order chi connectivity index (χ1) is 14.2. The highest BCUT2D eigenvalue weighted by Gasteiger charge is 2.19. The van der Waals surface area contributed by atoms with Gasteiger partial charge < -0.3 is 9.47 Å². The van der Waals surface area contributed by atoms with E-state index in [2.05, 4.69) is 0 Å². The van der Waals surface area contributed by atoms with Gasteiger partial charge in [0.2, 0.25) is 0 Å². The summed E-state index contributed by atoms with van der Waals surface area (Å²) in [5.41, 5.74) is 1.45. The van der Waals surface area contributed by atoms with Crippen LogP contribution >= 0.6 is 11.8 Å². The lowest BCUT2D eigenvalue weighted by Crippen LogP contribution is -2.24. The predicted molar refractivity (Wildman–Crippen MR) is 113 cm³/mol. The summed E-state index contributed by atoms with van der Waals surface area (Å²) in [6, 6.07) is 14.3. The quantitative estimate of drug-likeness (QED) is 0.362. The van der Waals surface area contributed by atoms with E-state index in [1.165, 1.54) is 18.9 Å². The molecule has 29 heavy (non-hydrogen) atoms. The molecule has 1 aliphatic rings. The molecule has 1 aromatic heterocycles. The number of carbonyl (C=O) groups is 1. The standard InChI is InChI=1S/C22H22N2O4S/c1-27-21(26)15-10-11-18-19(13-15)23-22(29-14-17-9-5-6-12-28-17)24(20(18)25)16-7-3-2-4-8-16/h2-4,7-8,10-11,13,17H,5-6,9,12,14H2,1H3/t17-/m1/s1. The zero-order valence-corrected chi connectivity index (χ0v) is 17.0. The number of thioether (sulfide) groups is 1. The molecule has 0 spiro atoms. The van der Waals surface area contributed by atoms with Crippen molar-refractivity contribution in [2.24, 2.45) is 0 Å². The fourth-order valence-electron chi connectivity index (χ4n) is 3.42. The number of aromatic nitrogens is 2. The highest BCUT2D eigenvalue weighted by Crippen LogP contribution is 2.25. The molecule has 1 atom stereocenters. The molecule has 4 rings (SSSR count). The van der Waals surface area contributed by atoms with E-state index in [1.807, 2.05) is 30.3 Å². The van der Waals surface area contributed by atoms with Crippen molar-refractivity contribution in [3.8, 4) is 5.69 Å². The Labute approximate surface area is 172 Å². The number of hydrogen-bond acceptors (Lipinski definition) is 6. The third-order valence-electron chi connectivity index (χ3n) is 4.95. The van der Waals surface area contributed by atoms with Gasteiger partial charge in [0, 0.05) is 12.4 Å². The molecule has 0 unspecified atom stereocenters. The van der Waals surface area contributed by atoms with Crippen LogP contribution in [-0.4, -0.2) is 41.1 Å². The lowest BCUT2D eigenvalue weighted by atomic mass is 10.1. The van der Waals surface area contributed by atoms with Gasteiger partial charge in [-0.2, -0.15) is 0 Å². The number of methoxy groups -OCH3 is 1. The van der Waals surface area contributed by atoms with Crippen molar-refractivity contribution < 1.29 is 14.3 Å². The van der Waals surface area contributed by atoms with Crippen LogP contribution in [0.25, 0.3) is 16.6 Å². The highest BCUT2D eigenvalue weighted by molar-refractivity contribution is 7.99. The first-order valence-electron chi connectivity index (χ1n) is 9.62. The third kappa shape index (κ3) is 4.21. The second-order valence-corrected chi connectivity index (χ2v) is 7.88. The first kappa shape index (κ1) is 19.7. The fourth-order valence-corrected chi connectivity index (χ4v) is 4.50. The number of esters is 1. The Balaban J connectivity index is 1.80. The van der Waals surface area contributed by atoms with E-state index in [-0.39, 0.29) is 11.7 Å². The molecule has 2 heterocycles. The second-order valence-electron chi connectivity index (χ2n) is 6.89. The van der Waals surface area contributed by atoms with Gasteiger partial charge in [-0.25, -0.2) is 9.78 Å². The SMILES string of the molecule is COC(=O)c1ccc2c(=O)n(-c3ccccc3)c(SC[C@H]3CCCCO3)nc2c1. The van der Waals surface area contributed by atoms with Gasteiger partial charge in [-0.15, -0.1) is 0 Å². The van der Waals surface area contributed by atoms with E-state index < -0.39 is 5.97 Å². The van der Waals surface area contributed by atoms with E-state index in [4.69, 9.17) is 14.5 Å². The van der Waals surface area contributed by atoms with Gasteiger partial charge in [-0.1, -0.05) is 30.0 Å². The van der Waals surface area contributed by atoms with Crippen molar-refractivity contribution in [1.29, 1.82) is 0 Å². The Morgan fingerprint density at radius 3 is 2.79 bits per heavy atom. The molecular weight excluding hydrogens is 388 g/mol. The number of benzene rings is 2. The number of para-hydroxylation sites is 1. The maximum atomic E-state index is 13.3. The topological polar surface area (TPSA) is 70.4 Å². The molecule has 1 aliphatic heterocycles. The molecule has 0 amide bonds. The maximum absolute atomic E-state index is 13.3. The Hall–Kier alpha value is -2.64. The van der Waals surface area contributed by atoms with Crippen LogP contribution in [0, 0.1) is 0 Å². The van der Waals surface area contributed by atoms with Crippen LogP contribution in [0.3, 0.4) is 0 Å². The molecule has 0 N–H and O–H groups in total. The summed E-state index contributed by atoms with van der Waals surface area (Å²) in [6.07, 6.45) is 3.43. The maximum Gasteiger partial charge on any atom is 0.337 e. The van der Waals surface area contributed by atoms with E-state index in [0.717, 1.165) is 37.3 Å². The number of fused-ring (bicyclic) bond motifs is 1. The first-order valence-corrected chi connectivity index (χ1v) is 10.6. The van der Waals surface area contributed by atoms with Crippen LogP contribution in [0.15, 0.2) is 58.5 Å². The number of nitrogens with zero attached hydrogens (tertiary/aromatic N) is 2. The van der Waals surface area contributed by atoms with E-state index in [0.29, 0.717) is 21.6 Å². The summed E-state index contributed by atoms with van der Waals surface area (Å²) in [4.78, 5) is 29.9. The van der Waals surface area contributed by atoms with Gasteiger partial charge in [-0.05, 0) is 49.6 Å². The average Bonchev–Trinajstić information content (AvgIpc) is 2.78. The Morgan fingerprint density at radius 1 is 1.24 bits per heavy atom. The summed E-state index contributed by atoms with van der Waals surface area (Å²) in [5, 5.41) is 1.05. The summed E-state index contributed by atoms with van der Waals surface area (Å²) in [6.45, 7) is 0.782. The molecule has 0 aliphatic carbocycles. The molecule has 7 heteroatoms. The molecule has 0 radical (unpaired) electrons. The van der Waals surface area contributed by atoms with Gasteiger partial charge in [0.05, 0.1) is 35.4 Å². The highest BCUT2D eigenvalue weighted by atomic mass is 32.2. The van der Waals surface area contributed by atoms with Gasteiger partial charge in [0.25, 0.3) is 5.56 Å². The molecule has 3 aromatic rings. The Bertz CT molecular complexity index is 1080. The lowest BCUT2D eigenvalue weighted by molar-refractivity contribution is 0.0315. The van der Waals surface area contributed by atoms with Gasteiger partial charge in [-0.3, -0.25) is 9.36 Å². The van der Waals surface area contributed by atoms with Crippen LogP contribution < -0.4 is 5.56 Å².